The molecular weight excluding hydrogens is 360 g/mol. The van der Waals surface area contributed by atoms with Crippen molar-refractivity contribution in [1.29, 1.82) is 0 Å². The van der Waals surface area contributed by atoms with Crippen molar-refractivity contribution in [2.75, 3.05) is 26.2 Å². The van der Waals surface area contributed by atoms with E-state index < -0.39 is 22.3 Å². The molecule has 9 nitrogen and oxygen atoms in total. The molecule has 136 valence electrons. The van der Waals surface area contributed by atoms with E-state index in [-0.39, 0.29) is 5.91 Å². The summed E-state index contributed by atoms with van der Waals surface area (Å²) in [5.41, 5.74) is 0.0134. The molecule has 0 atom stereocenters. The van der Waals surface area contributed by atoms with Crippen molar-refractivity contribution in [2.45, 2.75) is 6.92 Å². The Morgan fingerprint density at radius 2 is 2.04 bits per heavy atom. The van der Waals surface area contributed by atoms with Gasteiger partial charge in [-0.2, -0.15) is 4.99 Å². The Balaban J connectivity index is 1.72. The number of piperazine rings is 1. The first-order chi connectivity index (χ1) is 12.3. The summed E-state index contributed by atoms with van der Waals surface area (Å²) in [5.74, 6) is -0.811. The van der Waals surface area contributed by atoms with Gasteiger partial charge in [0.25, 0.3) is 5.91 Å². The number of aliphatic imine (C=N–C) groups is 1. The predicted molar refractivity (Wildman–Crippen MR) is 96.6 cm³/mol. The molecule has 2 heterocycles. The van der Waals surface area contributed by atoms with E-state index in [1.54, 1.807) is 4.90 Å². The molecule has 1 saturated heterocycles. The number of carbonyl (C=O) groups excluding carboxylic acids is 2. The molecule has 26 heavy (non-hydrogen) atoms. The Bertz CT molecular complexity index is 843. The molecule has 0 saturated carbocycles. The highest BCUT2D eigenvalue weighted by Crippen LogP contribution is 2.33. The smallest absolute Gasteiger partial charge is 0.311 e. The van der Waals surface area contributed by atoms with Crippen LogP contribution in [-0.4, -0.2) is 63.0 Å². The van der Waals surface area contributed by atoms with Crippen molar-refractivity contribution in [3.63, 3.8) is 0 Å². The van der Waals surface area contributed by atoms with Crippen molar-refractivity contribution in [3.8, 4) is 5.75 Å². The highest BCUT2D eigenvalue weighted by Gasteiger charge is 2.29. The maximum Gasteiger partial charge on any atom is 0.311 e. The molecule has 0 spiro atoms. The highest BCUT2D eigenvalue weighted by atomic mass is 32.2. The predicted octanol–water partition coefficient (Wildman–Crippen LogP) is 1.43. The van der Waals surface area contributed by atoms with Crippen LogP contribution in [0.4, 0.5) is 5.69 Å². The molecule has 10 heteroatoms. The fourth-order valence-electron chi connectivity index (χ4n) is 2.67. The van der Waals surface area contributed by atoms with Crippen LogP contribution in [0.1, 0.15) is 12.5 Å². The zero-order chi connectivity index (χ0) is 18.8. The van der Waals surface area contributed by atoms with E-state index in [2.05, 4.69) is 4.99 Å². The number of thioether (sulfide) groups is 1. The number of nitrogens with zero attached hydrogens (tertiary/aromatic N) is 4. The number of hydrogen-bond donors (Lipinski definition) is 1. The van der Waals surface area contributed by atoms with E-state index in [1.807, 2.05) is 4.90 Å². The molecule has 1 aromatic rings. The maximum atomic E-state index is 12.1. The zero-order valence-electron chi connectivity index (χ0n) is 13.9. The number of phenolic OH excluding ortho intramolecular Hbond substituents is 1. The molecule has 2 aliphatic rings. The number of amidine groups is 1. The molecule has 1 fully saturated rings. The first kappa shape index (κ1) is 17.9. The fourth-order valence-corrected chi connectivity index (χ4v) is 3.64. The standard InChI is InChI=1S/C16H16N4O5S/c1-10(21)18-4-6-19(7-5-18)16-17-15(23)14(26-16)9-11-2-3-13(22)12(8-11)20(24)25/h2-3,8-9,22H,4-7H2,1H3/b14-9+. The molecule has 1 N–H and O–H groups in total. The van der Waals surface area contributed by atoms with Crippen LogP contribution in [0.15, 0.2) is 28.1 Å². The van der Waals surface area contributed by atoms with E-state index in [9.17, 15) is 24.8 Å². The fraction of sp³-hybridized carbons (Fsp3) is 0.312. The molecular formula is C16H16N4O5S. The number of rotatable bonds is 2. The average molecular weight is 376 g/mol. The van der Waals surface area contributed by atoms with Crippen LogP contribution in [0.5, 0.6) is 5.75 Å². The Labute approximate surface area is 153 Å². The minimum absolute atomic E-state index is 0.0243. The summed E-state index contributed by atoms with van der Waals surface area (Å²) in [6.07, 6.45) is 1.52. The first-order valence-corrected chi connectivity index (χ1v) is 8.67. The van der Waals surface area contributed by atoms with Crippen molar-refractivity contribution >= 4 is 40.5 Å². The monoisotopic (exact) mass is 376 g/mol. The SMILES string of the molecule is CC(=O)N1CCN(C2=NC(=O)/C(=C\c3ccc(O)c([N+](=O)[O-])c3)S2)CC1. The van der Waals surface area contributed by atoms with E-state index in [4.69, 9.17) is 0 Å². The third-order valence-corrected chi connectivity index (χ3v) is 5.14. The Kier molecular flexibility index (Phi) is 4.94. The van der Waals surface area contributed by atoms with Gasteiger partial charge in [0, 0.05) is 39.2 Å². The molecule has 0 aromatic heterocycles. The number of nitro benzene ring substituents is 1. The summed E-state index contributed by atoms with van der Waals surface area (Å²) in [5, 5.41) is 21.0. The van der Waals surface area contributed by atoms with Crippen molar-refractivity contribution in [3.05, 3.63) is 38.8 Å². The normalized spacial score (nSPS) is 19.0. The van der Waals surface area contributed by atoms with E-state index in [0.717, 1.165) is 0 Å². The van der Waals surface area contributed by atoms with Crippen molar-refractivity contribution in [2.24, 2.45) is 4.99 Å². The van der Waals surface area contributed by atoms with Crippen molar-refractivity contribution in [1.82, 2.24) is 9.80 Å². The molecule has 1 aromatic carbocycles. The van der Waals surface area contributed by atoms with Gasteiger partial charge in [0.1, 0.15) is 0 Å². The van der Waals surface area contributed by atoms with E-state index in [1.165, 1.54) is 43.0 Å². The van der Waals surface area contributed by atoms with Crippen LogP contribution in [0, 0.1) is 10.1 Å². The lowest BCUT2D eigenvalue weighted by Crippen LogP contribution is -2.49. The van der Waals surface area contributed by atoms with Crippen LogP contribution in [0.3, 0.4) is 0 Å². The molecule has 0 unspecified atom stereocenters. The minimum Gasteiger partial charge on any atom is -0.502 e. The van der Waals surface area contributed by atoms with Crippen LogP contribution >= 0.6 is 11.8 Å². The summed E-state index contributed by atoms with van der Waals surface area (Å²) in [4.78, 5) is 41.8. The number of nitro groups is 1. The van der Waals surface area contributed by atoms with Crippen LogP contribution < -0.4 is 0 Å². The molecule has 0 radical (unpaired) electrons. The van der Waals surface area contributed by atoms with Gasteiger partial charge in [-0.05, 0) is 29.5 Å². The van der Waals surface area contributed by atoms with Gasteiger partial charge in [-0.3, -0.25) is 19.7 Å². The summed E-state index contributed by atoms with van der Waals surface area (Å²) in [6, 6.07) is 3.92. The topological polar surface area (TPSA) is 116 Å². The lowest BCUT2D eigenvalue weighted by molar-refractivity contribution is -0.385. The summed E-state index contributed by atoms with van der Waals surface area (Å²) >= 11 is 1.20. The number of benzene rings is 1. The number of hydrogen-bond acceptors (Lipinski definition) is 7. The van der Waals surface area contributed by atoms with Crippen LogP contribution in [0.25, 0.3) is 6.08 Å². The number of carbonyl (C=O) groups is 2. The van der Waals surface area contributed by atoms with Gasteiger partial charge >= 0.3 is 5.69 Å². The van der Waals surface area contributed by atoms with Gasteiger partial charge in [-0.25, -0.2) is 0 Å². The van der Waals surface area contributed by atoms with Gasteiger partial charge < -0.3 is 14.9 Å². The quantitative estimate of drug-likeness (QED) is 0.471. The van der Waals surface area contributed by atoms with Gasteiger partial charge in [0.05, 0.1) is 9.83 Å². The molecule has 2 amide bonds. The second-order valence-electron chi connectivity index (χ2n) is 5.81. The van der Waals surface area contributed by atoms with Gasteiger partial charge in [-0.15, -0.1) is 0 Å². The third-order valence-electron chi connectivity index (χ3n) is 4.10. The zero-order valence-corrected chi connectivity index (χ0v) is 14.7. The second kappa shape index (κ2) is 7.16. The summed E-state index contributed by atoms with van der Waals surface area (Å²) in [7, 11) is 0. The Morgan fingerprint density at radius 3 is 2.65 bits per heavy atom. The third kappa shape index (κ3) is 3.69. The lowest BCUT2D eigenvalue weighted by Gasteiger charge is -2.34. The van der Waals surface area contributed by atoms with Crippen LogP contribution in [-0.2, 0) is 9.59 Å². The van der Waals surface area contributed by atoms with Crippen LogP contribution in [0.2, 0.25) is 0 Å². The highest BCUT2D eigenvalue weighted by molar-refractivity contribution is 8.18. The lowest BCUT2D eigenvalue weighted by atomic mass is 10.1. The van der Waals surface area contributed by atoms with Gasteiger partial charge in [-0.1, -0.05) is 6.07 Å². The number of aromatic hydroxyl groups is 1. The Hall–Kier alpha value is -2.88. The summed E-state index contributed by atoms with van der Waals surface area (Å²) in [6.45, 7) is 3.87. The molecule has 3 rings (SSSR count). The van der Waals surface area contributed by atoms with Gasteiger partial charge in [0.15, 0.2) is 10.9 Å². The van der Waals surface area contributed by atoms with Gasteiger partial charge in [0.2, 0.25) is 5.91 Å². The molecule has 0 aliphatic carbocycles. The Morgan fingerprint density at radius 1 is 1.35 bits per heavy atom. The van der Waals surface area contributed by atoms with E-state index >= 15 is 0 Å². The second-order valence-corrected chi connectivity index (χ2v) is 6.82. The average Bonchev–Trinajstić information content (AvgIpc) is 2.97. The molecule has 2 aliphatic heterocycles. The van der Waals surface area contributed by atoms with Crippen molar-refractivity contribution < 1.29 is 19.6 Å². The largest absolute Gasteiger partial charge is 0.502 e. The summed E-state index contributed by atoms with van der Waals surface area (Å²) < 4.78 is 0. The van der Waals surface area contributed by atoms with E-state index in [0.29, 0.717) is 41.8 Å². The number of amides is 2. The minimum atomic E-state index is -0.683. The molecule has 0 bridgehead atoms. The number of phenols is 1. The maximum absolute atomic E-state index is 12.1. The first-order valence-electron chi connectivity index (χ1n) is 7.85.